The summed E-state index contributed by atoms with van der Waals surface area (Å²) in [6.45, 7) is 2.60. The third-order valence-corrected chi connectivity index (χ3v) is 5.06. The molecular weight excluding hydrogens is 262 g/mol. The summed E-state index contributed by atoms with van der Waals surface area (Å²) < 4.78 is 31.4. The first-order valence-electron chi connectivity index (χ1n) is 5.16. The number of nitrogens with one attached hydrogen (secondary N) is 1. The first-order chi connectivity index (χ1) is 7.99. The highest BCUT2D eigenvalue weighted by molar-refractivity contribution is 7.91. The van der Waals surface area contributed by atoms with E-state index in [2.05, 4.69) is 4.72 Å². The van der Waals surface area contributed by atoms with Crippen molar-refractivity contribution in [2.75, 3.05) is 20.3 Å². The van der Waals surface area contributed by atoms with Crippen LogP contribution in [0.25, 0.3) is 0 Å². The van der Waals surface area contributed by atoms with Crippen LogP contribution in [0.4, 0.5) is 0 Å². The van der Waals surface area contributed by atoms with Crippen molar-refractivity contribution in [3.63, 3.8) is 0 Å². The van der Waals surface area contributed by atoms with Gasteiger partial charge in [-0.2, -0.15) is 0 Å². The lowest BCUT2D eigenvalue weighted by atomic mass is 10.2. The van der Waals surface area contributed by atoms with Gasteiger partial charge >= 0.3 is 0 Å². The van der Waals surface area contributed by atoms with E-state index >= 15 is 0 Å². The third-order valence-electron chi connectivity index (χ3n) is 2.15. The van der Waals surface area contributed by atoms with Gasteiger partial charge in [0.1, 0.15) is 4.21 Å². The van der Waals surface area contributed by atoms with Gasteiger partial charge < -0.3 is 9.84 Å². The Bertz CT molecular complexity index is 441. The Morgan fingerprint density at radius 2 is 2.29 bits per heavy atom. The number of rotatable bonds is 7. The number of sulfonamides is 1. The molecule has 1 heterocycles. The predicted octanol–water partition coefficient (Wildman–Crippen LogP) is 0.801. The van der Waals surface area contributed by atoms with Crippen molar-refractivity contribution in [3.05, 3.63) is 17.0 Å². The number of thiophene rings is 1. The summed E-state index contributed by atoms with van der Waals surface area (Å²) in [5.41, 5.74) is 0.611. The standard InChI is InChI=1S/C10H17NO4S2/c1-8(6-15-2)4-11-17(13,14)10-3-9(5-12)7-16-10/h3,7-8,11-12H,4-6H2,1-2H3. The van der Waals surface area contributed by atoms with Crippen LogP contribution in [0.5, 0.6) is 0 Å². The Balaban J connectivity index is 2.62. The molecule has 0 aliphatic carbocycles. The Morgan fingerprint density at radius 3 is 2.82 bits per heavy atom. The minimum absolute atomic E-state index is 0.118. The molecule has 98 valence electrons. The fourth-order valence-electron chi connectivity index (χ4n) is 1.24. The molecule has 0 spiro atoms. The average Bonchev–Trinajstić information content (AvgIpc) is 2.76. The first kappa shape index (κ1) is 14.6. The van der Waals surface area contributed by atoms with E-state index in [-0.39, 0.29) is 16.7 Å². The molecule has 5 nitrogen and oxygen atoms in total. The van der Waals surface area contributed by atoms with Gasteiger partial charge in [-0.1, -0.05) is 6.92 Å². The molecule has 1 aromatic rings. The van der Waals surface area contributed by atoms with E-state index in [1.807, 2.05) is 6.92 Å². The minimum Gasteiger partial charge on any atom is -0.392 e. The van der Waals surface area contributed by atoms with Crippen molar-refractivity contribution in [1.29, 1.82) is 0 Å². The predicted molar refractivity (Wildman–Crippen MR) is 66.5 cm³/mol. The number of hydrogen-bond acceptors (Lipinski definition) is 5. The maximum Gasteiger partial charge on any atom is 0.250 e. The number of hydrogen-bond donors (Lipinski definition) is 2. The second kappa shape index (κ2) is 6.46. The molecule has 1 rings (SSSR count). The van der Waals surface area contributed by atoms with Gasteiger partial charge in [-0.15, -0.1) is 11.3 Å². The molecule has 0 aliphatic heterocycles. The minimum atomic E-state index is -3.46. The molecule has 0 bridgehead atoms. The zero-order chi connectivity index (χ0) is 12.9. The van der Waals surface area contributed by atoms with Gasteiger partial charge in [0.2, 0.25) is 10.0 Å². The van der Waals surface area contributed by atoms with Crippen LogP contribution in [0.15, 0.2) is 15.7 Å². The van der Waals surface area contributed by atoms with Gasteiger partial charge in [0.25, 0.3) is 0 Å². The molecule has 0 amide bonds. The van der Waals surface area contributed by atoms with Gasteiger partial charge in [0.05, 0.1) is 6.61 Å². The molecule has 1 aromatic heterocycles. The van der Waals surface area contributed by atoms with Crippen LogP contribution in [-0.2, 0) is 21.4 Å². The van der Waals surface area contributed by atoms with Crippen LogP contribution in [0, 0.1) is 5.92 Å². The lowest BCUT2D eigenvalue weighted by Gasteiger charge is -2.10. The maximum absolute atomic E-state index is 11.8. The second-order valence-corrected chi connectivity index (χ2v) is 6.75. The quantitative estimate of drug-likeness (QED) is 0.774. The highest BCUT2D eigenvalue weighted by Gasteiger charge is 2.17. The number of ether oxygens (including phenoxy) is 1. The van der Waals surface area contributed by atoms with Crippen LogP contribution in [0.2, 0.25) is 0 Å². The zero-order valence-electron chi connectivity index (χ0n) is 9.84. The lowest BCUT2D eigenvalue weighted by molar-refractivity contribution is 0.161. The first-order valence-corrected chi connectivity index (χ1v) is 7.52. The molecule has 1 unspecified atom stereocenters. The van der Waals surface area contributed by atoms with Crippen molar-refractivity contribution < 1.29 is 18.3 Å². The highest BCUT2D eigenvalue weighted by atomic mass is 32.2. The monoisotopic (exact) mass is 279 g/mol. The van der Waals surface area contributed by atoms with Crippen LogP contribution >= 0.6 is 11.3 Å². The zero-order valence-corrected chi connectivity index (χ0v) is 11.5. The van der Waals surface area contributed by atoms with Crippen molar-refractivity contribution in [3.8, 4) is 0 Å². The molecule has 0 aromatic carbocycles. The molecule has 2 N–H and O–H groups in total. The molecule has 0 aliphatic rings. The van der Waals surface area contributed by atoms with Crippen molar-refractivity contribution in [1.82, 2.24) is 4.72 Å². The smallest absolute Gasteiger partial charge is 0.250 e. The summed E-state index contributed by atoms with van der Waals surface area (Å²) in [5.74, 6) is 0.118. The average molecular weight is 279 g/mol. The third kappa shape index (κ3) is 4.36. The summed E-state index contributed by atoms with van der Waals surface area (Å²) >= 11 is 1.10. The van der Waals surface area contributed by atoms with E-state index in [0.29, 0.717) is 18.7 Å². The summed E-state index contributed by atoms with van der Waals surface area (Å²) in [6, 6.07) is 1.48. The molecule has 0 radical (unpaired) electrons. The topological polar surface area (TPSA) is 75.6 Å². The summed E-state index contributed by atoms with van der Waals surface area (Å²) in [7, 11) is -1.88. The Labute approximate surface area is 105 Å². The van der Waals surface area contributed by atoms with Gasteiger partial charge in [-0.25, -0.2) is 13.1 Å². The second-order valence-electron chi connectivity index (χ2n) is 3.84. The summed E-state index contributed by atoms with van der Waals surface area (Å²) in [4.78, 5) is 0. The van der Waals surface area contributed by atoms with Gasteiger partial charge in [-0.3, -0.25) is 0 Å². The Hall–Kier alpha value is -0.470. The molecule has 17 heavy (non-hydrogen) atoms. The Kier molecular flexibility index (Phi) is 5.54. The van der Waals surface area contributed by atoms with Gasteiger partial charge in [0, 0.05) is 20.3 Å². The van der Waals surface area contributed by atoms with E-state index in [0.717, 1.165) is 11.3 Å². The number of methoxy groups -OCH3 is 1. The van der Waals surface area contributed by atoms with E-state index in [9.17, 15) is 8.42 Å². The van der Waals surface area contributed by atoms with E-state index in [4.69, 9.17) is 9.84 Å². The molecule has 0 saturated heterocycles. The van der Waals surface area contributed by atoms with Crippen LogP contribution in [-0.4, -0.2) is 33.8 Å². The summed E-state index contributed by atoms with van der Waals surface area (Å²) in [5, 5.41) is 10.5. The fourth-order valence-corrected chi connectivity index (χ4v) is 3.65. The largest absolute Gasteiger partial charge is 0.392 e. The SMILES string of the molecule is COCC(C)CNS(=O)(=O)c1cc(CO)cs1. The van der Waals surface area contributed by atoms with Gasteiger partial charge in [0.15, 0.2) is 0 Å². The maximum atomic E-state index is 11.8. The van der Waals surface area contributed by atoms with E-state index in [1.165, 1.54) is 6.07 Å². The van der Waals surface area contributed by atoms with Crippen molar-refractivity contribution in [2.24, 2.45) is 5.92 Å². The van der Waals surface area contributed by atoms with Crippen molar-refractivity contribution in [2.45, 2.75) is 17.7 Å². The number of aliphatic hydroxyl groups is 1. The molecular formula is C10H17NO4S2. The fraction of sp³-hybridized carbons (Fsp3) is 0.600. The van der Waals surface area contributed by atoms with Crippen LogP contribution in [0.3, 0.4) is 0 Å². The molecule has 0 fully saturated rings. The number of aliphatic hydroxyl groups excluding tert-OH is 1. The normalized spacial score (nSPS) is 13.8. The highest BCUT2D eigenvalue weighted by Crippen LogP contribution is 2.20. The van der Waals surface area contributed by atoms with E-state index in [1.54, 1.807) is 12.5 Å². The lowest BCUT2D eigenvalue weighted by Crippen LogP contribution is -2.29. The van der Waals surface area contributed by atoms with Crippen LogP contribution in [0.1, 0.15) is 12.5 Å². The van der Waals surface area contributed by atoms with E-state index < -0.39 is 10.0 Å². The molecule has 0 saturated carbocycles. The Morgan fingerprint density at radius 1 is 1.59 bits per heavy atom. The molecule has 1 atom stereocenters. The van der Waals surface area contributed by atoms with Crippen LogP contribution < -0.4 is 4.72 Å². The van der Waals surface area contributed by atoms with Crippen molar-refractivity contribution >= 4 is 21.4 Å². The molecule has 7 heteroatoms. The summed E-state index contributed by atoms with van der Waals surface area (Å²) in [6.07, 6.45) is 0. The van der Waals surface area contributed by atoms with Gasteiger partial charge in [-0.05, 0) is 22.9 Å².